The van der Waals surface area contributed by atoms with E-state index in [1.807, 2.05) is 0 Å². The van der Waals surface area contributed by atoms with Gasteiger partial charge in [-0.15, -0.1) is 9.13 Å². The molecule has 2 aliphatic heterocycles. The van der Waals surface area contributed by atoms with Gasteiger partial charge in [0.25, 0.3) is 0 Å². The summed E-state index contributed by atoms with van der Waals surface area (Å²) in [6, 6.07) is 42.2. The van der Waals surface area contributed by atoms with Crippen LogP contribution in [0.4, 0.5) is 0 Å². The lowest BCUT2D eigenvalue weighted by molar-refractivity contribution is -0.950. The van der Waals surface area contributed by atoms with Crippen molar-refractivity contribution in [3.8, 4) is 22.4 Å². The Morgan fingerprint density at radius 1 is 0.556 bits per heavy atom. The van der Waals surface area contributed by atoms with Gasteiger partial charge in [-0.1, -0.05) is 93.6 Å². The number of nitrogens with zero attached hydrogens (tertiary/aromatic N) is 2. The second kappa shape index (κ2) is 7.41. The van der Waals surface area contributed by atoms with Gasteiger partial charge in [0.2, 0.25) is 11.2 Å². The fraction of sp³-hybridized carbons (Fsp3) is 0.163. The van der Waals surface area contributed by atoms with E-state index in [4.69, 9.17) is 0 Å². The van der Waals surface area contributed by atoms with Gasteiger partial charge in [-0.25, -0.2) is 0 Å². The molecule has 1 unspecified atom stereocenters. The van der Waals surface area contributed by atoms with Crippen LogP contribution in [0.3, 0.4) is 0 Å². The molecule has 0 saturated carbocycles. The number of rotatable bonds is 0. The fourth-order valence-electron chi connectivity index (χ4n) is 9.86. The Bertz CT molecular complexity index is 2500. The lowest BCUT2D eigenvalue weighted by Gasteiger charge is -2.41. The SMILES string of the molecule is Cc1cc2c3c(c1)C1(c4ccccc4-c4ccccc41)c1ccc4ccc5ccc[n+]6c5c4c1C36[n+]1ccc(C(C)(C)C)cc1-2. The van der Waals surface area contributed by atoms with Crippen LogP contribution in [0.1, 0.15) is 65.3 Å². The number of hydrogen-bond acceptors (Lipinski definition) is 0. The van der Waals surface area contributed by atoms with E-state index in [1.54, 1.807) is 0 Å². The standard InChI is InChI=1S/C43H32N2/c1-25-22-31-36-24-28(41(2,3)4)19-21-44(36)43-38(31)35(23-25)42(32-13-7-5-11-29(32)30-12-6-8-14-33(30)42)34-18-17-26-15-16-27-10-9-20-45(43)40(27)37(26)39(34)43/h5-24H,1-4H3/q+2. The smallest absolute Gasteiger partial charge is 0.125 e. The zero-order valence-corrected chi connectivity index (χ0v) is 25.9. The van der Waals surface area contributed by atoms with E-state index in [-0.39, 0.29) is 5.41 Å². The molecular formula is C43H32N2+2. The minimum atomic E-state index is -0.514. The summed E-state index contributed by atoms with van der Waals surface area (Å²) in [6.45, 7) is 9.26. The zero-order chi connectivity index (χ0) is 30.0. The molecule has 11 rings (SSSR count). The molecule has 0 bridgehead atoms. The highest BCUT2D eigenvalue weighted by Gasteiger charge is 2.73. The molecule has 5 aromatic carbocycles. The van der Waals surface area contributed by atoms with Gasteiger partial charge in [0.05, 0.1) is 16.4 Å². The molecule has 0 amide bonds. The second-order valence-corrected chi connectivity index (χ2v) is 14.6. The first-order chi connectivity index (χ1) is 21.9. The number of pyridine rings is 2. The molecular weight excluding hydrogens is 544 g/mol. The van der Waals surface area contributed by atoms with Gasteiger partial charge in [-0.05, 0) is 80.4 Å². The zero-order valence-electron chi connectivity index (χ0n) is 25.9. The number of aromatic nitrogens is 2. The van der Waals surface area contributed by atoms with Crippen LogP contribution in [0.15, 0.2) is 122 Å². The van der Waals surface area contributed by atoms with Gasteiger partial charge in [0.1, 0.15) is 11.1 Å². The normalized spacial score (nSPS) is 18.5. The molecule has 2 heteroatoms. The molecule has 0 radical (unpaired) electrons. The van der Waals surface area contributed by atoms with Crippen LogP contribution >= 0.6 is 0 Å². The topological polar surface area (TPSA) is 7.76 Å². The number of benzene rings is 5. The summed E-state index contributed by atoms with van der Waals surface area (Å²) in [4.78, 5) is 0. The van der Waals surface area contributed by atoms with Crippen LogP contribution in [0.2, 0.25) is 0 Å². The molecule has 2 nitrogen and oxygen atoms in total. The minimum absolute atomic E-state index is 0.0415. The van der Waals surface area contributed by atoms with Crippen LogP contribution in [-0.4, -0.2) is 0 Å². The molecule has 1 atom stereocenters. The Kier molecular flexibility index (Phi) is 3.99. The summed E-state index contributed by atoms with van der Waals surface area (Å²) in [5.41, 5.74) is 17.0. The third kappa shape index (κ3) is 2.42. The largest absolute Gasteiger partial charge is 0.418 e. The van der Waals surface area contributed by atoms with Crippen LogP contribution in [-0.2, 0) is 16.5 Å². The van der Waals surface area contributed by atoms with Crippen LogP contribution in [0, 0.1) is 6.92 Å². The molecule has 212 valence electrons. The summed E-state index contributed by atoms with van der Waals surface area (Å²) >= 11 is 0. The van der Waals surface area contributed by atoms with Crippen molar-refractivity contribution in [1.82, 2.24) is 0 Å². The maximum absolute atomic E-state index is 2.62. The summed E-state index contributed by atoms with van der Waals surface area (Å²) < 4.78 is 5.24. The maximum atomic E-state index is 2.62. The Morgan fingerprint density at radius 3 is 2.02 bits per heavy atom. The number of fused-ring (bicyclic) bond motifs is 9. The molecule has 4 aliphatic rings. The number of hydrogen-bond donors (Lipinski definition) is 0. The lowest BCUT2D eigenvalue weighted by atomic mass is 9.58. The summed E-state index contributed by atoms with van der Waals surface area (Å²) in [7, 11) is 0. The molecule has 45 heavy (non-hydrogen) atoms. The van der Waals surface area contributed by atoms with Crippen molar-refractivity contribution in [2.75, 3.05) is 0 Å². The fourth-order valence-corrected chi connectivity index (χ4v) is 9.86. The third-order valence-electron chi connectivity index (χ3n) is 11.5. The Hall–Kier alpha value is -5.08. The Labute approximate surface area is 262 Å². The monoisotopic (exact) mass is 576 g/mol. The van der Waals surface area contributed by atoms with Gasteiger partial charge >= 0.3 is 5.66 Å². The quantitative estimate of drug-likeness (QED) is 0.126. The van der Waals surface area contributed by atoms with Crippen molar-refractivity contribution in [2.45, 2.75) is 44.2 Å². The molecule has 2 aromatic heterocycles. The summed E-state index contributed by atoms with van der Waals surface area (Å²) in [5.74, 6) is 0. The average Bonchev–Trinajstić information content (AvgIpc) is 3.64. The predicted molar refractivity (Wildman–Crippen MR) is 180 cm³/mol. The van der Waals surface area contributed by atoms with Crippen molar-refractivity contribution in [1.29, 1.82) is 0 Å². The van der Waals surface area contributed by atoms with Crippen molar-refractivity contribution >= 4 is 21.7 Å². The summed E-state index contributed by atoms with van der Waals surface area (Å²) in [6.07, 6.45) is 4.73. The predicted octanol–water partition coefficient (Wildman–Crippen LogP) is 8.44. The van der Waals surface area contributed by atoms with Crippen molar-refractivity contribution < 1.29 is 9.13 Å². The molecule has 0 fully saturated rings. The molecule has 0 N–H and O–H groups in total. The van der Waals surface area contributed by atoms with E-state index in [0.717, 1.165) is 0 Å². The Balaban J connectivity index is 1.45. The van der Waals surface area contributed by atoms with Gasteiger partial charge in [0.15, 0.2) is 12.4 Å². The molecule has 4 heterocycles. The van der Waals surface area contributed by atoms with E-state index in [9.17, 15) is 0 Å². The van der Waals surface area contributed by atoms with Crippen molar-refractivity contribution in [3.05, 3.63) is 166 Å². The second-order valence-electron chi connectivity index (χ2n) is 14.6. The van der Waals surface area contributed by atoms with Gasteiger partial charge < -0.3 is 0 Å². The van der Waals surface area contributed by atoms with Crippen LogP contribution < -0.4 is 9.13 Å². The van der Waals surface area contributed by atoms with E-state index >= 15 is 0 Å². The highest BCUT2D eigenvalue weighted by atomic mass is 15.3. The van der Waals surface area contributed by atoms with E-state index in [2.05, 4.69) is 158 Å². The first-order valence-electron chi connectivity index (χ1n) is 16.2. The average molecular weight is 577 g/mol. The first-order valence-corrected chi connectivity index (χ1v) is 16.2. The van der Waals surface area contributed by atoms with Gasteiger partial charge in [-0.3, -0.25) is 0 Å². The van der Waals surface area contributed by atoms with Crippen LogP contribution in [0.25, 0.3) is 44.1 Å². The van der Waals surface area contributed by atoms with Gasteiger partial charge in [0, 0.05) is 23.6 Å². The van der Waals surface area contributed by atoms with E-state index in [1.165, 1.54) is 88.6 Å². The first kappa shape index (κ1) is 24.3. The molecule has 2 spiro atoms. The Morgan fingerprint density at radius 2 is 1.27 bits per heavy atom. The number of aryl methyl sites for hydroxylation is 1. The maximum Gasteiger partial charge on any atom is 0.418 e. The van der Waals surface area contributed by atoms with E-state index < -0.39 is 11.1 Å². The van der Waals surface area contributed by atoms with Crippen molar-refractivity contribution in [3.63, 3.8) is 0 Å². The molecule has 2 aliphatic carbocycles. The highest BCUT2D eigenvalue weighted by Crippen LogP contribution is 2.65. The lowest BCUT2D eigenvalue weighted by Crippen LogP contribution is -2.73. The molecule has 7 aromatic rings. The minimum Gasteiger partial charge on any atom is -0.125 e. The highest BCUT2D eigenvalue weighted by molar-refractivity contribution is 6.09. The van der Waals surface area contributed by atoms with E-state index in [0.29, 0.717) is 0 Å². The molecule has 0 saturated heterocycles. The third-order valence-corrected chi connectivity index (χ3v) is 11.5. The van der Waals surface area contributed by atoms with Gasteiger partial charge in [-0.2, -0.15) is 0 Å². The van der Waals surface area contributed by atoms with Crippen LogP contribution in [0.5, 0.6) is 0 Å². The van der Waals surface area contributed by atoms with Crippen molar-refractivity contribution in [2.24, 2.45) is 0 Å². The summed E-state index contributed by atoms with van der Waals surface area (Å²) in [5, 5.41) is 3.99.